The van der Waals surface area contributed by atoms with E-state index in [-0.39, 0.29) is 11.4 Å². The van der Waals surface area contributed by atoms with Gasteiger partial charge in [0, 0.05) is 5.56 Å². The summed E-state index contributed by atoms with van der Waals surface area (Å²) in [5.74, 6) is -1.04. The standard InChI is InChI=1S/C9H7BrClFO/c10-9(12,8(13)6-11)7-4-2-1-3-5-7/h1-5H,6H2. The van der Waals surface area contributed by atoms with Crippen molar-refractivity contribution in [1.82, 2.24) is 0 Å². The lowest BCUT2D eigenvalue weighted by molar-refractivity contribution is -0.122. The number of rotatable bonds is 3. The molecule has 1 nitrogen and oxygen atoms in total. The van der Waals surface area contributed by atoms with Crippen LogP contribution in [0.5, 0.6) is 0 Å². The zero-order chi connectivity index (χ0) is 9.90. The summed E-state index contributed by atoms with van der Waals surface area (Å²) in [6.07, 6.45) is 0. The van der Waals surface area contributed by atoms with E-state index in [0.717, 1.165) is 0 Å². The molecule has 1 aromatic carbocycles. The normalized spacial score (nSPS) is 15.0. The Bertz CT molecular complexity index is 300. The smallest absolute Gasteiger partial charge is 0.248 e. The number of hydrogen-bond acceptors (Lipinski definition) is 1. The van der Waals surface area contributed by atoms with Gasteiger partial charge in [0.1, 0.15) is 0 Å². The molecule has 0 radical (unpaired) electrons. The van der Waals surface area contributed by atoms with Crippen LogP contribution in [-0.2, 0) is 9.37 Å². The SMILES string of the molecule is O=C(CCl)C(F)(Br)c1ccccc1. The van der Waals surface area contributed by atoms with Gasteiger partial charge >= 0.3 is 0 Å². The summed E-state index contributed by atoms with van der Waals surface area (Å²) in [6.45, 7) is 0. The second kappa shape index (κ2) is 4.20. The largest absolute Gasteiger partial charge is 0.293 e. The monoisotopic (exact) mass is 264 g/mol. The van der Waals surface area contributed by atoms with Crippen LogP contribution in [0.2, 0.25) is 0 Å². The summed E-state index contributed by atoms with van der Waals surface area (Å²) >= 11 is 7.98. The second-order valence-electron chi connectivity index (χ2n) is 2.50. The molecule has 0 fully saturated rings. The molecule has 70 valence electrons. The quantitative estimate of drug-likeness (QED) is 0.768. The van der Waals surface area contributed by atoms with E-state index >= 15 is 0 Å². The van der Waals surface area contributed by atoms with Crippen LogP contribution in [0.25, 0.3) is 0 Å². The molecule has 4 heteroatoms. The molecule has 1 atom stereocenters. The van der Waals surface area contributed by atoms with Crippen molar-refractivity contribution in [3.8, 4) is 0 Å². The van der Waals surface area contributed by atoms with Crippen LogP contribution in [0.15, 0.2) is 30.3 Å². The molecule has 0 aromatic heterocycles. The Balaban J connectivity index is 3.00. The number of benzene rings is 1. The Kier molecular flexibility index (Phi) is 3.45. The van der Waals surface area contributed by atoms with Gasteiger partial charge in [-0.05, 0) is 15.9 Å². The lowest BCUT2D eigenvalue weighted by Crippen LogP contribution is -2.25. The van der Waals surface area contributed by atoms with Crippen LogP contribution in [0, 0.1) is 0 Å². The first kappa shape index (κ1) is 10.7. The maximum absolute atomic E-state index is 13.7. The van der Waals surface area contributed by atoms with E-state index in [2.05, 4.69) is 15.9 Å². The molecular weight excluding hydrogens is 258 g/mol. The third-order valence-corrected chi connectivity index (χ3v) is 2.75. The number of ketones is 1. The molecular formula is C9H7BrClFO. The number of Topliss-reactive ketones (excluding diaryl/α,β-unsaturated/α-hetero) is 1. The molecule has 1 unspecified atom stereocenters. The van der Waals surface area contributed by atoms with Crippen molar-refractivity contribution in [2.24, 2.45) is 0 Å². The summed E-state index contributed by atoms with van der Waals surface area (Å²) < 4.78 is 11.5. The van der Waals surface area contributed by atoms with Crippen LogP contribution >= 0.6 is 27.5 Å². The fourth-order valence-electron chi connectivity index (χ4n) is 0.892. The molecule has 1 aromatic rings. The average Bonchev–Trinajstić information content (AvgIpc) is 2.18. The van der Waals surface area contributed by atoms with Crippen molar-refractivity contribution in [3.05, 3.63) is 35.9 Å². The highest BCUT2D eigenvalue weighted by Crippen LogP contribution is 2.34. The Morgan fingerprint density at radius 2 is 2.00 bits per heavy atom. The van der Waals surface area contributed by atoms with Crippen LogP contribution in [0.4, 0.5) is 4.39 Å². The molecule has 0 spiro atoms. The zero-order valence-corrected chi connectivity index (χ0v) is 8.98. The van der Waals surface area contributed by atoms with Gasteiger partial charge in [0.25, 0.3) is 0 Å². The minimum Gasteiger partial charge on any atom is -0.293 e. The molecule has 0 amide bonds. The fraction of sp³-hybridized carbons (Fsp3) is 0.222. The lowest BCUT2D eigenvalue weighted by atomic mass is 10.1. The summed E-state index contributed by atoms with van der Waals surface area (Å²) in [4.78, 5) is 11.1. The Morgan fingerprint density at radius 1 is 1.46 bits per heavy atom. The van der Waals surface area contributed by atoms with E-state index in [0.29, 0.717) is 0 Å². The molecule has 13 heavy (non-hydrogen) atoms. The minimum absolute atomic E-state index is 0.264. The highest BCUT2D eigenvalue weighted by atomic mass is 79.9. The van der Waals surface area contributed by atoms with Gasteiger partial charge in [0.15, 0.2) is 5.78 Å². The van der Waals surface area contributed by atoms with Crippen molar-refractivity contribution in [2.75, 3.05) is 5.88 Å². The first-order valence-electron chi connectivity index (χ1n) is 3.61. The number of hydrogen-bond donors (Lipinski definition) is 0. The zero-order valence-electron chi connectivity index (χ0n) is 6.64. The van der Waals surface area contributed by atoms with Crippen molar-refractivity contribution in [1.29, 1.82) is 0 Å². The van der Waals surface area contributed by atoms with Gasteiger partial charge in [-0.3, -0.25) is 4.79 Å². The molecule has 0 aliphatic heterocycles. The first-order chi connectivity index (χ1) is 6.09. The van der Waals surface area contributed by atoms with Gasteiger partial charge in [-0.25, -0.2) is 4.39 Å². The summed E-state index contributed by atoms with van der Waals surface area (Å²) in [7, 11) is 0. The molecule has 0 saturated carbocycles. The van der Waals surface area contributed by atoms with Gasteiger partial charge in [-0.15, -0.1) is 11.6 Å². The number of alkyl halides is 3. The second-order valence-corrected chi connectivity index (χ2v) is 3.86. The van der Waals surface area contributed by atoms with E-state index in [1.165, 1.54) is 12.1 Å². The number of halogens is 3. The molecule has 0 heterocycles. The Hall–Kier alpha value is -0.410. The van der Waals surface area contributed by atoms with Crippen LogP contribution in [-0.4, -0.2) is 11.7 Å². The summed E-state index contributed by atoms with van der Waals surface area (Å²) in [5.41, 5.74) is 0.264. The topological polar surface area (TPSA) is 17.1 Å². The highest BCUT2D eigenvalue weighted by Gasteiger charge is 2.36. The van der Waals surface area contributed by atoms with Crippen molar-refractivity contribution in [2.45, 2.75) is 4.58 Å². The van der Waals surface area contributed by atoms with E-state index in [9.17, 15) is 9.18 Å². The Labute approximate surface area is 89.0 Å². The van der Waals surface area contributed by atoms with Gasteiger partial charge < -0.3 is 0 Å². The molecule has 1 rings (SSSR count). The molecule has 0 saturated heterocycles. The minimum atomic E-state index is -2.16. The predicted octanol–water partition coefficient (Wildman–Crippen LogP) is 3.01. The Morgan fingerprint density at radius 3 is 2.46 bits per heavy atom. The third kappa shape index (κ3) is 2.29. The van der Waals surface area contributed by atoms with Crippen molar-refractivity contribution >= 4 is 33.3 Å². The number of carbonyl (C=O) groups is 1. The van der Waals surface area contributed by atoms with Crippen molar-refractivity contribution in [3.63, 3.8) is 0 Å². The summed E-state index contributed by atoms with van der Waals surface area (Å²) in [6, 6.07) is 8.12. The molecule has 0 aliphatic carbocycles. The van der Waals surface area contributed by atoms with Gasteiger partial charge in [0.2, 0.25) is 4.58 Å². The maximum atomic E-state index is 13.7. The van der Waals surface area contributed by atoms with Crippen LogP contribution in [0.1, 0.15) is 5.56 Å². The van der Waals surface area contributed by atoms with Crippen molar-refractivity contribution < 1.29 is 9.18 Å². The molecule has 0 aliphatic rings. The van der Waals surface area contributed by atoms with Gasteiger partial charge in [0.05, 0.1) is 5.88 Å². The lowest BCUT2D eigenvalue weighted by Gasteiger charge is -2.15. The average molecular weight is 266 g/mol. The third-order valence-electron chi connectivity index (χ3n) is 1.61. The van der Waals surface area contributed by atoms with E-state index in [4.69, 9.17) is 11.6 Å². The number of carbonyl (C=O) groups excluding carboxylic acids is 1. The summed E-state index contributed by atoms with van der Waals surface area (Å²) in [5, 5.41) is 0. The first-order valence-corrected chi connectivity index (χ1v) is 4.94. The van der Waals surface area contributed by atoms with E-state index in [1.807, 2.05) is 0 Å². The maximum Gasteiger partial charge on any atom is 0.248 e. The van der Waals surface area contributed by atoms with Gasteiger partial charge in [-0.2, -0.15) is 0 Å². The van der Waals surface area contributed by atoms with E-state index < -0.39 is 10.4 Å². The van der Waals surface area contributed by atoms with Gasteiger partial charge in [-0.1, -0.05) is 30.3 Å². The molecule has 0 bridgehead atoms. The molecule has 0 N–H and O–H groups in total. The fourth-order valence-corrected chi connectivity index (χ4v) is 1.64. The van der Waals surface area contributed by atoms with Crippen LogP contribution in [0.3, 0.4) is 0 Å². The van der Waals surface area contributed by atoms with Crippen LogP contribution < -0.4 is 0 Å². The highest BCUT2D eigenvalue weighted by molar-refractivity contribution is 9.10. The van der Waals surface area contributed by atoms with E-state index in [1.54, 1.807) is 18.2 Å². The predicted molar refractivity (Wildman–Crippen MR) is 53.9 cm³/mol.